The van der Waals surface area contributed by atoms with Crippen molar-refractivity contribution in [3.8, 4) is 34.1 Å². The third kappa shape index (κ3) is 9.12. The summed E-state index contributed by atoms with van der Waals surface area (Å²) in [6, 6.07) is 34.0. The fraction of sp³-hybridized carbons (Fsp3) is 0.489. The Bertz CT molecular complexity index is 1640. The molecule has 0 spiro atoms. The summed E-state index contributed by atoms with van der Waals surface area (Å²) in [5.74, 6) is 3.50. The molecule has 0 fully saturated rings. The fourth-order valence-corrected chi connectivity index (χ4v) is 6.77. The van der Waals surface area contributed by atoms with Crippen LogP contribution in [0.3, 0.4) is 0 Å². The van der Waals surface area contributed by atoms with Crippen molar-refractivity contribution in [3.05, 3.63) is 108 Å². The van der Waals surface area contributed by atoms with Crippen molar-refractivity contribution in [1.29, 1.82) is 0 Å². The maximum Gasteiger partial charge on any atom is 0.147 e. The van der Waals surface area contributed by atoms with Crippen molar-refractivity contribution >= 4 is 0 Å². The van der Waals surface area contributed by atoms with Gasteiger partial charge in [0.05, 0.1) is 0 Å². The lowest BCUT2D eigenvalue weighted by Gasteiger charge is -2.47. The predicted octanol–water partition coefficient (Wildman–Crippen LogP) is 13.4. The average Bonchev–Trinajstić information content (AvgIpc) is 3.14. The smallest absolute Gasteiger partial charge is 0.147 e. The normalized spacial score (nSPS) is 13.7. The van der Waals surface area contributed by atoms with Crippen LogP contribution >= 0.6 is 0 Å². The summed E-state index contributed by atoms with van der Waals surface area (Å²) < 4.78 is 26.4. The first kappa shape index (κ1) is 39.9. The minimum atomic E-state index is -0.559. The van der Waals surface area contributed by atoms with Gasteiger partial charge < -0.3 is 18.9 Å². The number of rotatable bonds is 18. The second-order valence-corrected chi connectivity index (χ2v) is 15.7. The van der Waals surface area contributed by atoms with E-state index < -0.39 is 11.2 Å². The van der Waals surface area contributed by atoms with Crippen molar-refractivity contribution < 1.29 is 18.9 Å². The Morgan fingerprint density at radius 1 is 0.373 bits per heavy atom. The van der Waals surface area contributed by atoms with Crippen LogP contribution in [-0.4, -0.2) is 22.4 Å². The first-order valence-electron chi connectivity index (χ1n) is 19.3. The SMILES string of the molecule is CCC(C)(C)Oc1ccc(-c2ccc(OC(C)(CC)C(CC)(CC)Oc3ccc(C(C)(C)c4ccc(OC(C)(CC)CC)cc4)cc3)cc2)cc1. The molecule has 4 aromatic rings. The van der Waals surface area contributed by atoms with Gasteiger partial charge in [-0.25, -0.2) is 0 Å². The molecular formula is C47H64O4. The molecule has 0 saturated heterocycles. The summed E-state index contributed by atoms with van der Waals surface area (Å²) in [4.78, 5) is 0. The van der Waals surface area contributed by atoms with E-state index in [-0.39, 0.29) is 16.6 Å². The largest absolute Gasteiger partial charge is 0.488 e. The molecule has 0 bridgehead atoms. The predicted molar refractivity (Wildman–Crippen MR) is 215 cm³/mol. The lowest BCUT2D eigenvalue weighted by molar-refractivity contribution is -0.114. The van der Waals surface area contributed by atoms with E-state index in [1.807, 2.05) is 0 Å². The monoisotopic (exact) mass is 692 g/mol. The molecule has 0 aromatic heterocycles. The van der Waals surface area contributed by atoms with Crippen LogP contribution in [0.15, 0.2) is 97.1 Å². The molecule has 0 aliphatic heterocycles. The zero-order valence-corrected chi connectivity index (χ0v) is 33.6. The van der Waals surface area contributed by atoms with Crippen molar-refractivity contribution in [2.45, 2.75) is 149 Å². The van der Waals surface area contributed by atoms with Gasteiger partial charge in [-0.1, -0.05) is 104 Å². The van der Waals surface area contributed by atoms with E-state index in [0.717, 1.165) is 72.6 Å². The second kappa shape index (κ2) is 16.2. The highest BCUT2D eigenvalue weighted by Gasteiger charge is 2.49. The van der Waals surface area contributed by atoms with Gasteiger partial charge in [-0.2, -0.15) is 0 Å². The van der Waals surface area contributed by atoms with Gasteiger partial charge in [0, 0.05) is 5.41 Å². The highest BCUT2D eigenvalue weighted by Crippen LogP contribution is 2.42. The second-order valence-electron chi connectivity index (χ2n) is 15.7. The summed E-state index contributed by atoms with van der Waals surface area (Å²) in [5.41, 5.74) is 3.17. The van der Waals surface area contributed by atoms with Crippen molar-refractivity contribution in [1.82, 2.24) is 0 Å². The van der Waals surface area contributed by atoms with Crippen LogP contribution < -0.4 is 18.9 Å². The molecule has 0 aliphatic carbocycles. The standard InChI is InChI=1S/C47H64O4/c1-13-43(7,8)48-39-27-19-35(20-28-39)36-21-29-41(30-22-36)50-46(12,16-4)47(17-5,18-6)51-42-33-25-38(26-34-42)44(9,10)37-23-31-40(32-24-37)49-45(11,14-2)15-3/h19-34H,13-18H2,1-12H3. The molecule has 0 amide bonds. The Balaban J connectivity index is 1.49. The molecule has 0 heterocycles. The molecule has 4 nitrogen and oxygen atoms in total. The van der Waals surface area contributed by atoms with Gasteiger partial charge in [-0.05, 0) is 137 Å². The maximum atomic E-state index is 6.98. The zero-order valence-electron chi connectivity index (χ0n) is 33.6. The Hall–Kier alpha value is -3.92. The maximum absolute atomic E-state index is 6.98. The van der Waals surface area contributed by atoms with E-state index in [9.17, 15) is 0 Å². The first-order valence-corrected chi connectivity index (χ1v) is 19.3. The molecule has 0 radical (unpaired) electrons. The summed E-state index contributed by atoms with van der Waals surface area (Å²) in [6.45, 7) is 26.2. The molecule has 276 valence electrons. The number of benzene rings is 4. The topological polar surface area (TPSA) is 36.9 Å². The Morgan fingerprint density at radius 3 is 1.12 bits per heavy atom. The summed E-state index contributed by atoms with van der Waals surface area (Å²) in [5, 5.41) is 0. The fourth-order valence-electron chi connectivity index (χ4n) is 6.77. The molecular weight excluding hydrogens is 629 g/mol. The Kier molecular flexibility index (Phi) is 12.6. The molecule has 51 heavy (non-hydrogen) atoms. The lowest BCUT2D eigenvalue weighted by Crippen LogP contribution is -2.58. The lowest BCUT2D eigenvalue weighted by atomic mass is 9.77. The van der Waals surface area contributed by atoms with E-state index in [4.69, 9.17) is 18.9 Å². The third-order valence-corrected chi connectivity index (χ3v) is 11.7. The van der Waals surface area contributed by atoms with E-state index in [0.29, 0.717) is 0 Å². The van der Waals surface area contributed by atoms with Crippen molar-refractivity contribution in [2.24, 2.45) is 0 Å². The van der Waals surface area contributed by atoms with Gasteiger partial charge in [-0.15, -0.1) is 0 Å². The van der Waals surface area contributed by atoms with Crippen LogP contribution in [0.1, 0.15) is 133 Å². The molecule has 1 unspecified atom stereocenters. The molecule has 0 aliphatic rings. The first-order chi connectivity index (χ1) is 24.1. The van der Waals surface area contributed by atoms with E-state index in [1.165, 1.54) is 11.1 Å². The molecule has 0 saturated carbocycles. The van der Waals surface area contributed by atoms with Crippen LogP contribution in [0, 0.1) is 0 Å². The minimum Gasteiger partial charge on any atom is -0.488 e. The highest BCUT2D eigenvalue weighted by atomic mass is 16.6. The summed E-state index contributed by atoms with van der Waals surface area (Å²) >= 11 is 0. The summed E-state index contributed by atoms with van der Waals surface area (Å²) in [6.07, 6.45) is 5.32. The van der Waals surface area contributed by atoms with Crippen LogP contribution in [0.25, 0.3) is 11.1 Å². The van der Waals surface area contributed by atoms with Crippen molar-refractivity contribution in [2.75, 3.05) is 0 Å². The van der Waals surface area contributed by atoms with Gasteiger partial charge in [0.2, 0.25) is 0 Å². The van der Waals surface area contributed by atoms with Crippen molar-refractivity contribution in [3.63, 3.8) is 0 Å². The molecule has 0 N–H and O–H groups in total. The molecule has 4 heteroatoms. The Morgan fingerprint density at radius 2 is 0.745 bits per heavy atom. The molecule has 1 atom stereocenters. The average molecular weight is 693 g/mol. The van der Waals surface area contributed by atoms with Crippen LogP contribution in [0.5, 0.6) is 23.0 Å². The molecule has 4 aromatic carbocycles. The van der Waals surface area contributed by atoms with Crippen LogP contribution in [0.2, 0.25) is 0 Å². The van der Waals surface area contributed by atoms with E-state index in [1.54, 1.807) is 0 Å². The third-order valence-electron chi connectivity index (χ3n) is 11.7. The van der Waals surface area contributed by atoms with E-state index in [2.05, 4.69) is 180 Å². The summed E-state index contributed by atoms with van der Waals surface area (Å²) in [7, 11) is 0. The number of hydrogen-bond donors (Lipinski definition) is 0. The zero-order chi connectivity index (χ0) is 37.5. The number of ether oxygens (including phenoxy) is 4. The van der Waals surface area contributed by atoms with Crippen LogP contribution in [-0.2, 0) is 5.41 Å². The highest BCUT2D eigenvalue weighted by molar-refractivity contribution is 5.65. The number of hydrogen-bond acceptors (Lipinski definition) is 4. The molecule has 4 rings (SSSR count). The Labute approximate surface area is 309 Å². The van der Waals surface area contributed by atoms with Gasteiger partial charge in [0.1, 0.15) is 45.4 Å². The van der Waals surface area contributed by atoms with Gasteiger partial charge in [0.15, 0.2) is 0 Å². The van der Waals surface area contributed by atoms with Crippen LogP contribution in [0.4, 0.5) is 0 Å². The van der Waals surface area contributed by atoms with Gasteiger partial charge in [0.25, 0.3) is 0 Å². The minimum absolute atomic E-state index is 0.141. The quantitative estimate of drug-likeness (QED) is 0.104. The van der Waals surface area contributed by atoms with Gasteiger partial charge >= 0.3 is 0 Å². The van der Waals surface area contributed by atoms with E-state index >= 15 is 0 Å². The van der Waals surface area contributed by atoms with Gasteiger partial charge in [-0.3, -0.25) is 0 Å².